The van der Waals surface area contributed by atoms with Crippen molar-refractivity contribution in [1.29, 1.82) is 0 Å². The Bertz CT molecular complexity index is 526. The van der Waals surface area contributed by atoms with E-state index in [4.69, 9.17) is 11.6 Å². The second-order valence-corrected chi connectivity index (χ2v) is 3.71. The van der Waals surface area contributed by atoms with E-state index >= 15 is 0 Å². The van der Waals surface area contributed by atoms with Crippen LogP contribution >= 0.6 is 24.4 Å². The van der Waals surface area contributed by atoms with Gasteiger partial charge in [-0.1, -0.05) is 42.6 Å². The first-order valence-electron chi connectivity index (χ1n) is 4.46. The third-order valence-electron chi connectivity index (χ3n) is 2.13. The molecule has 0 aliphatic carbocycles. The van der Waals surface area contributed by atoms with Gasteiger partial charge in [-0.05, 0) is 6.07 Å². The molecule has 6 heteroatoms. The van der Waals surface area contributed by atoms with Gasteiger partial charge < -0.3 is 0 Å². The molecule has 2 rings (SSSR count). The van der Waals surface area contributed by atoms with Gasteiger partial charge in [-0.2, -0.15) is 5.10 Å². The summed E-state index contributed by atoms with van der Waals surface area (Å²) in [5, 5.41) is 7.13. The van der Waals surface area contributed by atoms with Gasteiger partial charge >= 0.3 is 0 Å². The van der Waals surface area contributed by atoms with E-state index < -0.39 is 0 Å². The molecule has 0 saturated carbocycles. The summed E-state index contributed by atoms with van der Waals surface area (Å²) in [6.07, 6.45) is 1.43. The van der Waals surface area contributed by atoms with Gasteiger partial charge in [0.05, 0.1) is 17.5 Å². The lowest BCUT2D eigenvalue weighted by atomic mass is 10.1. The van der Waals surface area contributed by atoms with Gasteiger partial charge in [0.1, 0.15) is 0 Å². The fourth-order valence-corrected chi connectivity index (χ4v) is 1.74. The zero-order chi connectivity index (χ0) is 11.5. The zero-order valence-electron chi connectivity index (χ0n) is 8.07. The molecule has 0 aliphatic heterocycles. The largest absolute Gasteiger partial charge is 0.299 e. The van der Waals surface area contributed by atoms with Gasteiger partial charge in [0.25, 0.3) is 5.91 Å². The van der Waals surface area contributed by atoms with Crippen LogP contribution in [-0.4, -0.2) is 16.1 Å². The molecule has 1 aromatic heterocycles. The monoisotopic (exact) mass is 253 g/mol. The second kappa shape index (κ2) is 4.59. The summed E-state index contributed by atoms with van der Waals surface area (Å²) in [6, 6.07) is 7.22. The standard InChI is InChI=1S/C10H8ClN3OS/c11-8-4-2-1-3-6(8)9-7(5-12-13-9)10(15)14-16/h1-5,16H,(H,12,13)(H,14,15). The minimum absolute atomic E-state index is 0.327. The molecule has 4 nitrogen and oxygen atoms in total. The molecule has 1 amide bonds. The number of carbonyl (C=O) groups excluding carboxylic acids is 1. The second-order valence-electron chi connectivity index (χ2n) is 3.08. The Morgan fingerprint density at radius 1 is 1.44 bits per heavy atom. The smallest absolute Gasteiger partial charge is 0.264 e. The van der Waals surface area contributed by atoms with Crippen molar-refractivity contribution in [2.75, 3.05) is 0 Å². The minimum Gasteiger partial charge on any atom is -0.299 e. The summed E-state index contributed by atoms with van der Waals surface area (Å²) in [6.45, 7) is 0. The summed E-state index contributed by atoms with van der Waals surface area (Å²) in [4.78, 5) is 11.5. The molecular weight excluding hydrogens is 246 g/mol. The van der Waals surface area contributed by atoms with Crippen LogP contribution in [0.1, 0.15) is 10.4 Å². The van der Waals surface area contributed by atoms with E-state index in [1.54, 1.807) is 6.07 Å². The Morgan fingerprint density at radius 2 is 2.19 bits per heavy atom. The number of carbonyl (C=O) groups is 1. The molecule has 0 aliphatic rings. The van der Waals surface area contributed by atoms with Crippen LogP contribution < -0.4 is 4.72 Å². The van der Waals surface area contributed by atoms with Crippen molar-refractivity contribution in [1.82, 2.24) is 14.9 Å². The molecule has 0 unspecified atom stereocenters. The Kier molecular flexibility index (Phi) is 3.17. The maximum Gasteiger partial charge on any atom is 0.264 e. The number of halogens is 1. The number of hydrogen-bond acceptors (Lipinski definition) is 3. The van der Waals surface area contributed by atoms with Gasteiger partial charge in [-0.3, -0.25) is 14.6 Å². The number of hydrogen-bond donors (Lipinski definition) is 3. The SMILES string of the molecule is O=C(NS)c1cn[nH]c1-c1ccccc1Cl. The van der Waals surface area contributed by atoms with Crippen molar-refractivity contribution in [3.63, 3.8) is 0 Å². The number of rotatable bonds is 2. The first kappa shape index (κ1) is 11.0. The van der Waals surface area contributed by atoms with E-state index in [9.17, 15) is 4.79 Å². The predicted molar refractivity (Wildman–Crippen MR) is 65.5 cm³/mol. The van der Waals surface area contributed by atoms with E-state index in [1.165, 1.54) is 6.20 Å². The number of benzene rings is 1. The molecule has 2 N–H and O–H groups in total. The van der Waals surface area contributed by atoms with Crippen molar-refractivity contribution in [2.24, 2.45) is 0 Å². The lowest BCUT2D eigenvalue weighted by Crippen LogP contribution is -2.12. The van der Waals surface area contributed by atoms with Crippen LogP contribution in [0.15, 0.2) is 30.5 Å². The number of aromatic nitrogens is 2. The molecule has 0 bridgehead atoms. The highest BCUT2D eigenvalue weighted by Crippen LogP contribution is 2.28. The molecule has 0 radical (unpaired) electrons. The van der Waals surface area contributed by atoms with Crippen LogP contribution in [0.5, 0.6) is 0 Å². The average molecular weight is 254 g/mol. The van der Waals surface area contributed by atoms with Gasteiger partial charge in [0.2, 0.25) is 0 Å². The number of nitrogens with one attached hydrogen (secondary N) is 2. The zero-order valence-corrected chi connectivity index (χ0v) is 9.72. The highest BCUT2D eigenvalue weighted by Gasteiger charge is 2.15. The quantitative estimate of drug-likeness (QED) is 0.720. The van der Waals surface area contributed by atoms with Gasteiger partial charge in [0.15, 0.2) is 0 Å². The Labute approximate surface area is 103 Å². The Balaban J connectivity index is 2.53. The van der Waals surface area contributed by atoms with Crippen molar-refractivity contribution in [2.45, 2.75) is 0 Å². The Morgan fingerprint density at radius 3 is 2.88 bits per heavy atom. The fraction of sp³-hybridized carbons (Fsp3) is 0. The molecule has 1 aromatic carbocycles. The normalized spacial score (nSPS) is 10.1. The average Bonchev–Trinajstić information content (AvgIpc) is 2.77. The number of H-pyrrole nitrogens is 1. The van der Waals surface area contributed by atoms with E-state index in [2.05, 4.69) is 27.7 Å². The summed E-state index contributed by atoms with van der Waals surface area (Å²) >= 11 is 9.75. The van der Waals surface area contributed by atoms with Crippen LogP contribution in [0.2, 0.25) is 5.02 Å². The van der Waals surface area contributed by atoms with Crippen molar-refractivity contribution < 1.29 is 4.79 Å². The molecule has 0 saturated heterocycles. The third-order valence-corrected chi connectivity index (χ3v) is 2.66. The van der Waals surface area contributed by atoms with Crippen molar-refractivity contribution in [3.05, 3.63) is 41.0 Å². The summed E-state index contributed by atoms with van der Waals surface area (Å²) in [5.41, 5.74) is 1.72. The first-order chi connectivity index (χ1) is 7.74. The number of thiol groups is 1. The maximum atomic E-state index is 11.5. The summed E-state index contributed by atoms with van der Waals surface area (Å²) in [7, 11) is 0. The van der Waals surface area contributed by atoms with Crippen molar-refractivity contribution in [3.8, 4) is 11.3 Å². The molecule has 16 heavy (non-hydrogen) atoms. The fourth-order valence-electron chi connectivity index (χ4n) is 1.39. The van der Waals surface area contributed by atoms with Gasteiger partial charge in [0, 0.05) is 10.6 Å². The van der Waals surface area contributed by atoms with Crippen LogP contribution in [-0.2, 0) is 0 Å². The molecule has 1 heterocycles. The minimum atomic E-state index is -0.327. The topological polar surface area (TPSA) is 57.8 Å². The van der Waals surface area contributed by atoms with E-state index in [0.717, 1.165) is 5.56 Å². The molecule has 0 atom stereocenters. The number of nitrogens with zero attached hydrogens (tertiary/aromatic N) is 1. The number of amides is 1. The maximum absolute atomic E-state index is 11.5. The lowest BCUT2D eigenvalue weighted by Gasteiger charge is -2.03. The highest BCUT2D eigenvalue weighted by atomic mass is 35.5. The predicted octanol–water partition coefficient (Wildman–Crippen LogP) is 2.30. The van der Waals surface area contributed by atoms with Gasteiger partial charge in [-0.15, -0.1) is 0 Å². The molecule has 0 fully saturated rings. The number of aromatic amines is 1. The van der Waals surface area contributed by atoms with Gasteiger partial charge in [-0.25, -0.2) is 0 Å². The first-order valence-corrected chi connectivity index (χ1v) is 5.29. The molecular formula is C10H8ClN3OS. The van der Waals surface area contributed by atoms with E-state index in [0.29, 0.717) is 16.3 Å². The highest BCUT2D eigenvalue weighted by molar-refractivity contribution is 7.78. The van der Waals surface area contributed by atoms with E-state index in [1.807, 2.05) is 18.2 Å². The van der Waals surface area contributed by atoms with Crippen LogP contribution in [0.3, 0.4) is 0 Å². The summed E-state index contributed by atoms with van der Waals surface area (Å²) in [5.74, 6) is -0.327. The molecule has 82 valence electrons. The van der Waals surface area contributed by atoms with E-state index in [-0.39, 0.29) is 5.91 Å². The van der Waals surface area contributed by atoms with Crippen LogP contribution in [0.4, 0.5) is 0 Å². The van der Waals surface area contributed by atoms with Crippen LogP contribution in [0, 0.1) is 0 Å². The third kappa shape index (κ3) is 1.91. The lowest BCUT2D eigenvalue weighted by molar-refractivity contribution is 0.0985. The molecule has 0 spiro atoms. The van der Waals surface area contributed by atoms with Crippen molar-refractivity contribution >= 4 is 30.3 Å². The van der Waals surface area contributed by atoms with Crippen LogP contribution in [0.25, 0.3) is 11.3 Å². The Hall–Kier alpha value is -1.46. The molecule has 2 aromatic rings. The summed E-state index contributed by atoms with van der Waals surface area (Å²) < 4.78 is 2.25.